The fourth-order valence-electron chi connectivity index (χ4n) is 3.62. The zero-order chi connectivity index (χ0) is 30.4. The van der Waals surface area contributed by atoms with E-state index < -0.39 is 11.9 Å². The second kappa shape index (κ2) is 13.1. The highest BCUT2D eigenvalue weighted by atomic mass is 35.5. The topological polar surface area (TPSA) is 142 Å². The van der Waals surface area contributed by atoms with Crippen molar-refractivity contribution < 1.29 is 23.8 Å². The van der Waals surface area contributed by atoms with Crippen molar-refractivity contribution in [1.29, 1.82) is 0 Å². The monoisotopic (exact) mass is 613 g/mol. The molecule has 2 heterocycles. The molecule has 0 atom stereocenters. The van der Waals surface area contributed by atoms with Gasteiger partial charge in [-0.15, -0.1) is 0 Å². The molecule has 2 aromatic carbocycles. The SMILES string of the molecule is COCC(=O)Nc1cc(Oc2ccc(NC(=O)Nc3cc(C(C)(C)C)nn3-c3ccc(OC)cc3)c(Cl)c2Cl)ncn1. The lowest BCUT2D eigenvalue weighted by Gasteiger charge is -2.14. The van der Waals surface area contributed by atoms with Crippen LogP contribution in [0.15, 0.2) is 54.9 Å². The Morgan fingerprint density at radius 1 is 0.929 bits per heavy atom. The molecule has 220 valence electrons. The number of hydrogen-bond donors (Lipinski definition) is 3. The number of carbonyl (C=O) groups is 2. The molecule has 0 unspecified atom stereocenters. The van der Waals surface area contributed by atoms with Crippen molar-refractivity contribution in [3.8, 4) is 23.1 Å². The van der Waals surface area contributed by atoms with Gasteiger partial charge in [0.05, 0.1) is 29.2 Å². The molecule has 0 aliphatic heterocycles. The average molecular weight is 614 g/mol. The largest absolute Gasteiger partial charge is 0.497 e. The summed E-state index contributed by atoms with van der Waals surface area (Å²) >= 11 is 12.9. The van der Waals surface area contributed by atoms with Crippen LogP contribution in [0, 0.1) is 0 Å². The normalized spacial score (nSPS) is 11.1. The average Bonchev–Trinajstić information content (AvgIpc) is 3.37. The van der Waals surface area contributed by atoms with Crippen LogP contribution >= 0.6 is 23.2 Å². The van der Waals surface area contributed by atoms with E-state index in [9.17, 15) is 9.59 Å². The summed E-state index contributed by atoms with van der Waals surface area (Å²) in [6.45, 7) is 5.96. The number of halogens is 2. The van der Waals surface area contributed by atoms with E-state index >= 15 is 0 Å². The van der Waals surface area contributed by atoms with Crippen LogP contribution in [-0.4, -0.2) is 52.5 Å². The fourth-order valence-corrected chi connectivity index (χ4v) is 4.03. The predicted molar refractivity (Wildman–Crippen MR) is 161 cm³/mol. The quantitative estimate of drug-likeness (QED) is 0.200. The molecule has 0 saturated carbocycles. The lowest BCUT2D eigenvalue weighted by Crippen LogP contribution is -2.21. The number of amides is 3. The molecule has 42 heavy (non-hydrogen) atoms. The molecule has 2 aromatic heterocycles. The zero-order valence-corrected chi connectivity index (χ0v) is 25.0. The minimum Gasteiger partial charge on any atom is -0.497 e. The maximum absolute atomic E-state index is 13.1. The van der Waals surface area contributed by atoms with E-state index in [0.29, 0.717) is 11.6 Å². The van der Waals surface area contributed by atoms with E-state index in [2.05, 4.69) is 25.9 Å². The van der Waals surface area contributed by atoms with Crippen molar-refractivity contribution in [3.63, 3.8) is 0 Å². The third-order valence-electron chi connectivity index (χ3n) is 5.73. The van der Waals surface area contributed by atoms with E-state index in [4.69, 9.17) is 42.5 Å². The van der Waals surface area contributed by atoms with Gasteiger partial charge in [-0.25, -0.2) is 19.4 Å². The second-order valence-electron chi connectivity index (χ2n) is 9.92. The molecule has 3 N–H and O–H groups in total. The number of hydrogen-bond acceptors (Lipinski definition) is 8. The summed E-state index contributed by atoms with van der Waals surface area (Å²) in [6, 6.07) is 13.0. The highest BCUT2D eigenvalue weighted by Gasteiger charge is 2.22. The Bertz CT molecular complexity index is 1590. The standard InChI is InChI=1S/C28H29Cl2N7O5/c1-28(2,3)20-12-22(37(36-20)16-6-8-17(41-5)9-7-16)35-27(39)33-18-10-11-19(26(30)25(18)29)42-24-13-21(31-15-32-24)34-23(38)14-40-4/h6-13,15H,14H2,1-5H3,(H2,33,35,39)(H,31,32,34,38). The van der Waals surface area contributed by atoms with Crippen molar-refractivity contribution in [2.75, 3.05) is 36.8 Å². The summed E-state index contributed by atoms with van der Waals surface area (Å²) in [4.78, 5) is 32.8. The minimum atomic E-state index is -0.566. The summed E-state index contributed by atoms with van der Waals surface area (Å²) in [5.41, 5.74) is 1.49. The van der Waals surface area contributed by atoms with Gasteiger partial charge in [-0.3, -0.25) is 10.1 Å². The molecule has 0 saturated heterocycles. The summed E-state index contributed by atoms with van der Waals surface area (Å²) in [7, 11) is 2.99. The van der Waals surface area contributed by atoms with Crippen molar-refractivity contribution >= 4 is 52.5 Å². The first-order valence-electron chi connectivity index (χ1n) is 12.6. The Morgan fingerprint density at radius 3 is 2.33 bits per heavy atom. The van der Waals surface area contributed by atoms with Crippen LogP contribution in [0.4, 0.5) is 22.1 Å². The summed E-state index contributed by atoms with van der Waals surface area (Å²) in [5.74, 6) is 1.24. The lowest BCUT2D eigenvalue weighted by molar-refractivity contribution is -0.119. The van der Waals surface area contributed by atoms with E-state index in [-0.39, 0.29) is 45.2 Å². The Hall–Kier alpha value is -4.39. The Kier molecular flexibility index (Phi) is 9.51. The summed E-state index contributed by atoms with van der Waals surface area (Å²) < 4.78 is 17.4. The van der Waals surface area contributed by atoms with Crippen LogP contribution in [0.3, 0.4) is 0 Å². The Morgan fingerprint density at radius 2 is 1.67 bits per heavy atom. The van der Waals surface area contributed by atoms with Gasteiger partial charge < -0.3 is 24.8 Å². The van der Waals surface area contributed by atoms with Crippen molar-refractivity contribution in [1.82, 2.24) is 19.7 Å². The van der Waals surface area contributed by atoms with Crippen LogP contribution in [0.2, 0.25) is 10.0 Å². The van der Waals surface area contributed by atoms with Crippen LogP contribution < -0.4 is 25.4 Å². The Balaban J connectivity index is 1.50. The van der Waals surface area contributed by atoms with Gasteiger partial charge in [0.15, 0.2) is 0 Å². The van der Waals surface area contributed by atoms with Crippen LogP contribution in [0.25, 0.3) is 5.69 Å². The molecular weight excluding hydrogens is 585 g/mol. The van der Waals surface area contributed by atoms with Crippen LogP contribution in [0.1, 0.15) is 26.5 Å². The zero-order valence-electron chi connectivity index (χ0n) is 23.5. The number of aromatic nitrogens is 4. The first kappa shape index (κ1) is 30.6. The van der Waals surface area contributed by atoms with Gasteiger partial charge in [0, 0.05) is 24.7 Å². The minimum absolute atomic E-state index is 0.0383. The molecule has 0 bridgehead atoms. The number of urea groups is 1. The molecule has 0 radical (unpaired) electrons. The summed E-state index contributed by atoms with van der Waals surface area (Å²) in [5, 5.41) is 12.9. The third kappa shape index (κ3) is 7.46. The third-order valence-corrected chi connectivity index (χ3v) is 6.60. The molecule has 0 fully saturated rings. The molecule has 14 heteroatoms. The predicted octanol–water partition coefficient (Wildman–Crippen LogP) is 6.30. The first-order valence-corrected chi connectivity index (χ1v) is 13.3. The number of nitrogens with one attached hydrogen (secondary N) is 3. The van der Waals surface area contributed by atoms with Gasteiger partial charge in [-0.2, -0.15) is 5.10 Å². The molecule has 0 aliphatic carbocycles. The molecule has 4 aromatic rings. The van der Waals surface area contributed by atoms with Crippen molar-refractivity contribution in [2.24, 2.45) is 0 Å². The molecular formula is C28H29Cl2N7O5. The fraction of sp³-hybridized carbons (Fsp3) is 0.250. The number of methoxy groups -OCH3 is 2. The summed E-state index contributed by atoms with van der Waals surface area (Å²) in [6.07, 6.45) is 1.22. The van der Waals surface area contributed by atoms with E-state index in [1.54, 1.807) is 11.8 Å². The molecule has 0 aliphatic rings. The number of rotatable bonds is 9. The smallest absolute Gasteiger partial charge is 0.324 e. The van der Waals surface area contributed by atoms with Gasteiger partial charge in [-0.05, 0) is 36.4 Å². The van der Waals surface area contributed by atoms with Gasteiger partial charge in [0.1, 0.15) is 41.1 Å². The highest BCUT2D eigenvalue weighted by Crippen LogP contribution is 2.39. The lowest BCUT2D eigenvalue weighted by atomic mass is 9.92. The van der Waals surface area contributed by atoms with Crippen molar-refractivity contribution in [3.05, 3.63) is 70.6 Å². The Labute approximate surface area is 252 Å². The van der Waals surface area contributed by atoms with Gasteiger partial charge in [0.2, 0.25) is 5.88 Å². The van der Waals surface area contributed by atoms with Crippen LogP contribution in [0.5, 0.6) is 17.4 Å². The number of nitrogens with zero attached hydrogens (tertiary/aromatic N) is 4. The number of anilines is 3. The van der Waals surface area contributed by atoms with E-state index in [1.165, 1.54) is 31.6 Å². The molecule has 12 nitrogen and oxygen atoms in total. The van der Waals surface area contributed by atoms with E-state index in [1.807, 2.05) is 51.1 Å². The van der Waals surface area contributed by atoms with Crippen LogP contribution in [-0.2, 0) is 14.9 Å². The first-order chi connectivity index (χ1) is 20.0. The maximum Gasteiger partial charge on any atom is 0.324 e. The second-order valence-corrected chi connectivity index (χ2v) is 10.7. The number of ether oxygens (including phenoxy) is 3. The van der Waals surface area contributed by atoms with Gasteiger partial charge in [0.25, 0.3) is 5.91 Å². The van der Waals surface area contributed by atoms with Gasteiger partial charge >= 0.3 is 6.03 Å². The maximum atomic E-state index is 13.1. The number of carbonyl (C=O) groups excluding carboxylic acids is 2. The van der Waals surface area contributed by atoms with Crippen molar-refractivity contribution in [2.45, 2.75) is 26.2 Å². The van der Waals surface area contributed by atoms with Gasteiger partial charge in [-0.1, -0.05) is 44.0 Å². The number of benzene rings is 2. The molecule has 4 rings (SSSR count). The highest BCUT2D eigenvalue weighted by molar-refractivity contribution is 6.45. The molecule has 0 spiro atoms. The van der Waals surface area contributed by atoms with E-state index in [0.717, 1.165) is 11.4 Å². The molecule has 3 amide bonds.